The highest BCUT2D eigenvalue weighted by atomic mass is 16.5. The van der Waals surface area contributed by atoms with E-state index in [0.29, 0.717) is 6.42 Å². The van der Waals surface area contributed by atoms with E-state index >= 15 is 0 Å². The Morgan fingerprint density at radius 3 is 2.67 bits per heavy atom. The summed E-state index contributed by atoms with van der Waals surface area (Å²) in [6.07, 6.45) is 6.66. The van der Waals surface area contributed by atoms with Crippen LogP contribution in [-0.2, 0) is 9.53 Å². The Kier molecular flexibility index (Phi) is 4.59. The summed E-state index contributed by atoms with van der Waals surface area (Å²) in [6.45, 7) is 6.24. The molecule has 0 aliphatic heterocycles. The minimum atomic E-state index is -1.03. The average molecular weight is 336 g/mol. The fourth-order valence-electron chi connectivity index (χ4n) is 5.84. The van der Waals surface area contributed by atoms with Gasteiger partial charge in [0.15, 0.2) is 0 Å². The van der Waals surface area contributed by atoms with Crippen molar-refractivity contribution in [3.8, 4) is 0 Å². The lowest BCUT2D eigenvalue weighted by Crippen LogP contribution is -2.57. The lowest BCUT2D eigenvalue weighted by atomic mass is 9.48. The van der Waals surface area contributed by atoms with Crippen molar-refractivity contribution in [3.63, 3.8) is 0 Å². The largest absolute Gasteiger partial charge is 0.469 e. The number of ether oxygens (including phenoxy) is 1. The summed E-state index contributed by atoms with van der Waals surface area (Å²) in [4.78, 5) is 12.2. The van der Waals surface area contributed by atoms with E-state index in [1.807, 2.05) is 13.8 Å². The Balaban J connectivity index is 1.95. The number of fused-ring (bicyclic) bond motifs is 3. The van der Waals surface area contributed by atoms with Crippen molar-refractivity contribution < 1.29 is 19.7 Å². The van der Waals surface area contributed by atoms with E-state index in [0.717, 1.165) is 37.7 Å². The highest BCUT2D eigenvalue weighted by molar-refractivity contribution is 5.73. The number of allylic oxidation sites excluding steroid dienone is 1. The highest BCUT2D eigenvalue weighted by Crippen LogP contribution is 2.60. The molecule has 136 valence electrons. The monoisotopic (exact) mass is 336 g/mol. The molecule has 0 radical (unpaired) electrons. The molecule has 0 bridgehead atoms. The Bertz CT molecular complexity index is 540. The van der Waals surface area contributed by atoms with Crippen LogP contribution in [-0.4, -0.2) is 35.0 Å². The van der Waals surface area contributed by atoms with Gasteiger partial charge >= 0.3 is 5.97 Å². The fourth-order valence-corrected chi connectivity index (χ4v) is 5.84. The van der Waals surface area contributed by atoms with Gasteiger partial charge in [-0.25, -0.2) is 0 Å². The number of rotatable bonds is 2. The van der Waals surface area contributed by atoms with Gasteiger partial charge in [-0.2, -0.15) is 0 Å². The van der Waals surface area contributed by atoms with Crippen LogP contribution < -0.4 is 0 Å². The van der Waals surface area contributed by atoms with E-state index in [4.69, 9.17) is 4.74 Å². The second kappa shape index (κ2) is 6.14. The summed E-state index contributed by atoms with van der Waals surface area (Å²) in [6, 6.07) is 0. The molecule has 0 aromatic carbocycles. The smallest absolute Gasteiger partial charge is 0.308 e. The molecule has 0 saturated heterocycles. The summed E-state index contributed by atoms with van der Waals surface area (Å²) in [7, 11) is 1.48. The third kappa shape index (κ3) is 2.45. The van der Waals surface area contributed by atoms with Gasteiger partial charge in [-0.3, -0.25) is 4.79 Å². The van der Waals surface area contributed by atoms with Crippen molar-refractivity contribution in [2.45, 2.75) is 71.0 Å². The van der Waals surface area contributed by atoms with Crippen molar-refractivity contribution >= 4 is 5.97 Å². The second-order valence-electron chi connectivity index (χ2n) is 8.71. The van der Waals surface area contributed by atoms with Crippen LogP contribution in [0.4, 0.5) is 0 Å². The topological polar surface area (TPSA) is 66.8 Å². The second-order valence-corrected chi connectivity index (χ2v) is 8.71. The van der Waals surface area contributed by atoms with Gasteiger partial charge in [-0.1, -0.05) is 33.3 Å². The molecule has 0 spiro atoms. The van der Waals surface area contributed by atoms with E-state index in [9.17, 15) is 15.0 Å². The number of carbonyl (C=O) groups is 1. The zero-order valence-corrected chi connectivity index (χ0v) is 15.4. The van der Waals surface area contributed by atoms with Gasteiger partial charge < -0.3 is 14.9 Å². The van der Waals surface area contributed by atoms with Gasteiger partial charge in [0.05, 0.1) is 18.6 Å². The Morgan fingerprint density at radius 2 is 2.04 bits per heavy atom. The molecule has 0 unspecified atom stereocenters. The first-order chi connectivity index (χ1) is 11.3. The number of aliphatic hydroxyl groups excluding tert-OH is 1. The lowest BCUT2D eigenvalue weighted by Gasteiger charge is -2.57. The van der Waals surface area contributed by atoms with Crippen LogP contribution in [0.2, 0.25) is 0 Å². The average Bonchev–Trinajstić information content (AvgIpc) is 2.56. The zero-order valence-electron chi connectivity index (χ0n) is 15.4. The molecular formula is C20H32O4. The van der Waals surface area contributed by atoms with Crippen molar-refractivity contribution in [2.75, 3.05) is 7.11 Å². The van der Waals surface area contributed by atoms with E-state index in [1.165, 1.54) is 7.11 Å². The van der Waals surface area contributed by atoms with E-state index in [2.05, 4.69) is 13.0 Å². The van der Waals surface area contributed by atoms with Gasteiger partial charge in [0, 0.05) is 0 Å². The Hall–Kier alpha value is -0.870. The van der Waals surface area contributed by atoms with Crippen molar-refractivity contribution in [1.29, 1.82) is 0 Å². The molecule has 2 saturated carbocycles. The molecule has 3 aliphatic rings. The minimum Gasteiger partial charge on any atom is -0.469 e. The van der Waals surface area contributed by atoms with Crippen LogP contribution in [0.25, 0.3) is 0 Å². The fraction of sp³-hybridized carbons (Fsp3) is 0.850. The molecule has 0 heterocycles. The van der Waals surface area contributed by atoms with Gasteiger partial charge in [-0.05, 0) is 60.8 Å². The number of hydrogen-bond acceptors (Lipinski definition) is 4. The first-order valence-corrected chi connectivity index (χ1v) is 9.44. The van der Waals surface area contributed by atoms with Gasteiger partial charge in [-0.15, -0.1) is 0 Å². The number of hydrogen-bond donors (Lipinski definition) is 2. The van der Waals surface area contributed by atoms with E-state index in [1.54, 1.807) is 0 Å². The lowest BCUT2D eigenvalue weighted by molar-refractivity contribution is -0.158. The third-order valence-corrected chi connectivity index (χ3v) is 7.50. The molecule has 4 nitrogen and oxygen atoms in total. The SMILES string of the molecule is COC(=O)[C@@H]1CCC[C@@]2(C)[C@H]3CC[C@@](O)(C(C)C)[C@@H](O)C3=CC[C@@H]12. The first-order valence-electron chi connectivity index (χ1n) is 9.44. The maximum Gasteiger partial charge on any atom is 0.308 e. The molecule has 2 fully saturated rings. The summed E-state index contributed by atoms with van der Waals surface area (Å²) in [5.41, 5.74) is 0.00400. The van der Waals surface area contributed by atoms with Gasteiger partial charge in [0.25, 0.3) is 0 Å². The third-order valence-electron chi connectivity index (χ3n) is 7.50. The van der Waals surface area contributed by atoms with Gasteiger partial charge in [0.2, 0.25) is 0 Å². The predicted octanol–water partition coefficient (Wildman–Crippen LogP) is 3.07. The van der Waals surface area contributed by atoms with Crippen molar-refractivity contribution in [3.05, 3.63) is 11.6 Å². The molecule has 4 heteroatoms. The summed E-state index contributed by atoms with van der Waals surface area (Å²) in [5.74, 6) is 0.448. The summed E-state index contributed by atoms with van der Waals surface area (Å²) >= 11 is 0. The molecule has 0 aromatic rings. The van der Waals surface area contributed by atoms with Crippen LogP contribution in [0.3, 0.4) is 0 Å². The molecule has 0 amide bonds. The van der Waals surface area contributed by atoms with Gasteiger partial charge in [0.1, 0.15) is 6.10 Å². The molecule has 0 aromatic heterocycles. The molecule has 2 N–H and O–H groups in total. The van der Waals surface area contributed by atoms with Crippen LogP contribution in [0.1, 0.15) is 59.3 Å². The molecule has 3 rings (SSSR count). The van der Waals surface area contributed by atoms with Crippen molar-refractivity contribution in [1.82, 2.24) is 0 Å². The van der Waals surface area contributed by atoms with E-state index < -0.39 is 11.7 Å². The Morgan fingerprint density at radius 1 is 1.33 bits per heavy atom. The summed E-state index contributed by atoms with van der Waals surface area (Å²) in [5, 5.41) is 21.9. The van der Waals surface area contributed by atoms with Crippen LogP contribution in [0.5, 0.6) is 0 Å². The van der Waals surface area contributed by atoms with E-state index in [-0.39, 0.29) is 35.1 Å². The summed E-state index contributed by atoms with van der Waals surface area (Å²) < 4.78 is 5.06. The highest BCUT2D eigenvalue weighted by Gasteiger charge is 2.57. The number of methoxy groups -OCH3 is 1. The standard InChI is InChI=1S/C20H32O4/c1-12(2)20(23)11-9-16-13(17(20)21)7-8-15-14(18(22)24-4)6-5-10-19(15,16)3/h7,12,14-17,21,23H,5-6,8-11H2,1-4H3/t14-,15+,16+,17+,19-,20-/m1/s1. The van der Waals surface area contributed by atoms with Crippen LogP contribution in [0, 0.1) is 29.1 Å². The number of aliphatic hydroxyl groups is 2. The number of esters is 1. The normalized spacial score (nSPS) is 45.2. The molecular weight excluding hydrogens is 304 g/mol. The molecule has 6 atom stereocenters. The maximum atomic E-state index is 12.2. The zero-order chi connectivity index (χ0) is 17.7. The predicted molar refractivity (Wildman–Crippen MR) is 92.2 cm³/mol. The molecule has 3 aliphatic carbocycles. The van der Waals surface area contributed by atoms with Crippen LogP contribution in [0.15, 0.2) is 11.6 Å². The minimum absolute atomic E-state index is 0.0144. The quantitative estimate of drug-likeness (QED) is 0.601. The number of carbonyl (C=O) groups excluding carboxylic acids is 1. The van der Waals surface area contributed by atoms with Crippen LogP contribution >= 0.6 is 0 Å². The maximum absolute atomic E-state index is 12.2. The Labute approximate surface area is 145 Å². The van der Waals surface area contributed by atoms with Crippen molar-refractivity contribution in [2.24, 2.45) is 29.1 Å². The first kappa shape index (κ1) is 17.9. The molecule has 24 heavy (non-hydrogen) atoms.